The number of rotatable bonds is 5. The molecule has 11 heteroatoms. The summed E-state index contributed by atoms with van der Waals surface area (Å²) in [7, 11) is -3.97. The highest BCUT2D eigenvalue weighted by Crippen LogP contribution is 2.30. The monoisotopic (exact) mass is 428 g/mol. The van der Waals surface area contributed by atoms with Crippen LogP contribution in [-0.4, -0.2) is 26.2 Å². The zero-order chi connectivity index (χ0) is 21.2. The lowest BCUT2D eigenvalue weighted by Gasteiger charge is -2.19. The van der Waals surface area contributed by atoms with E-state index in [9.17, 15) is 26.4 Å². The highest BCUT2D eigenvalue weighted by atomic mass is 32.2. The van der Waals surface area contributed by atoms with Gasteiger partial charge in [-0.25, -0.2) is 13.8 Å². The molecule has 1 amide bonds. The van der Waals surface area contributed by atoms with Gasteiger partial charge in [-0.2, -0.15) is 13.2 Å². The van der Waals surface area contributed by atoms with Gasteiger partial charge in [0.05, 0.1) is 11.5 Å². The van der Waals surface area contributed by atoms with E-state index in [0.717, 1.165) is 29.8 Å². The normalized spacial score (nSPS) is 19.7. The lowest BCUT2D eigenvalue weighted by molar-refractivity contribution is -0.137. The molecule has 0 radical (unpaired) electrons. The number of aryl methyl sites for hydroxylation is 1. The third kappa shape index (κ3) is 5.05. The number of alkyl halides is 3. The predicted octanol–water partition coefficient (Wildman–Crippen LogP) is 2.44. The Morgan fingerprint density at radius 2 is 1.62 bits per heavy atom. The molecular formula is C18H19F3N4O3S. The molecular weight excluding hydrogens is 409 g/mol. The van der Waals surface area contributed by atoms with Crippen LogP contribution in [0.1, 0.15) is 11.1 Å². The van der Waals surface area contributed by atoms with E-state index < -0.39 is 39.0 Å². The van der Waals surface area contributed by atoms with Crippen molar-refractivity contribution in [1.82, 2.24) is 10.9 Å². The van der Waals surface area contributed by atoms with E-state index in [-0.39, 0.29) is 12.2 Å². The highest BCUT2D eigenvalue weighted by molar-refractivity contribution is 7.93. The van der Waals surface area contributed by atoms with Gasteiger partial charge in [0.1, 0.15) is 0 Å². The van der Waals surface area contributed by atoms with Crippen molar-refractivity contribution in [2.45, 2.75) is 18.5 Å². The van der Waals surface area contributed by atoms with E-state index in [1.54, 1.807) is 24.3 Å². The van der Waals surface area contributed by atoms with Crippen LogP contribution in [0.2, 0.25) is 0 Å². The Bertz CT molecular complexity index is 977. The molecule has 1 heterocycles. The number of amides is 1. The number of hydrazine groups is 1. The highest BCUT2D eigenvalue weighted by Gasteiger charge is 2.42. The molecule has 7 nitrogen and oxygen atoms in total. The van der Waals surface area contributed by atoms with Crippen molar-refractivity contribution in [2.24, 2.45) is 5.92 Å². The van der Waals surface area contributed by atoms with E-state index in [2.05, 4.69) is 20.9 Å². The van der Waals surface area contributed by atoms with Gasteiger partial charge in [0.2, 0.25) is 5.91 Å². The molecule has 1 saturated heterocycles. The van der Waals surface area contributed by atoms with Crippen LogP contribution in [-0.2, 0) is 21.0 Å². The Morgan fingerprint density at radius 1 is 1.03 bits per heavy atom. The molecule has 3 rings (SSSR count). The van der Waals surface area contributed by atoms with Crippen molar-refractivity contribution in [1.29, 1.82) is 0 Å². The van der Waals surface area contributed by atoms with Crippen LogP contribution >= 0.6 is 0 Å². The first kappa shape index (κ1) is 21.1. The average Bonchev–Trinajstić information content (AvgIpc) is 3.14. The standard InChI is InChI=1S/C18H19F3N4O3S/c1-11-2-6-14(7-3-11)25-29(27,28)17-15(10-22-24-17)16(26)23-13-8-4-12(5-9-13)18(19,20)21/h2-9,15,17,22,24-25H,10H2,1H3,(H,23,26). The Morgan fingerprint density at radius 3 is 2.21 bits per heavy atom. The van der Waals surface area contributed by atoms with Crippen molar-refractivity contribution in [2.75, 3.05) is 16.6 Å². The zero-order valence-electron chi connectivity index (χ0n) is 15.2. The van der Waals surface area contributed by atoms with Crippen molar-refractivity contribution in [3.05, 3.63) is 59.7 Å². The molecule has 0 aliphatic carbocycles. The second kappa shape index (κ2) is 8.01. The number of halogens is 3. The van der Waals surface area contributed by atoms with Crippen LogP contribution in [0.3, 0.4) is 0 Å². The summed E-state index contributed by atoms with van der Waals surface area (Å²) in [6, 6.07) is 10.6. The minimum Gasteiger partial charge on any atom is -0.326 e. The van der Waals surface area contributed by atoms with Gasteiger partial charge < -0.3 is 5.32 Å². The van der Waals surface area contributed by atoms with Gasteiger partial charge in [0, 0.05) is 17.9 Å². The molecule has 2 unspecified atom stereocenters. The Hall–Kier alpha value is -2.63. The molecule has 0 aromatic heterocycles. The van der Waals surface area contributed by atoms with Crippen LogP contribution in [0.25, 0.3) is 0 Å². The van der Waals surface area contributed by atoms with E-state index in [1.807, 2.05) is 6.92 Å². The maximum absolute atomic E-state index is 12.7. The fourth-order valence-corrected chi connectivity index (χ4v) is 4.31. The minimum absolute atomic E-state index is 0.0337. The molecule has 2 aromatic rings. The maximum atomic E-state index is 12.7. The topological polar surface area (TPSA) is 99.3 Å². The van der Waals surface area contributed by atoms with Gasteiger partial charge in [0.15, 0.2) is 5.37 Å². The quantitative estimate of drug-likeness (QED) is 0.586. The number of carbonyl (C=O) groups excluding carboxylic acids is 1. The van der Waals surface area contributed by atoms with E-state index in [4.69, 9.17) is 0 Å². The van der Waals surface area contributed by atoms with Crippen LogP contribution in [0, 0.1) is 12.8 Å². The van der Waals surface area contributed by atoms with Gasteiger partial charge >= 0.3 is 6.18 Å². The van der Waals surface area contributed by atoms with Crippen molar-refractivity contribution < 1.29 is 26.4 Å². The second-order valence-electron chi connectivity index (χ2n) is 6.63. The lowest BCUT2D eigenvalue weighted by Crippen LogP contribution is -2.45. The number of anilines is 2. The third-order valence-corrected chi connectivity index (χ3v) is 6.03. The third-order valence-electron chi connectivity index (χ3n) is 4.39. The van der Waals surface area contributed by atoms with Crippen LogP contribution in [0.5, 0.6) is 0 Å². The number of carbonyl (C=O) groups is 1. The van der Waals surface area contributed by atoms with E-state index in [1.165, 1.54) is 0 Å². The zero-order valence-corrected chi connectivity index (χ0v) is 16.1. The van der Waals surface area contributed by atoms with Gasteiger partial charge in [-0.15, -0.1) is 0 Å². The summed E-state index contributed by atoms with van der Waals surface area (Å²) in [6.45, 7) is 1.90. The minimum atomic E-state index is -4.48. The van der Waals surface area contributed by atoms with E-state index >= 15 is 0 Å². The first-order chi connectivity index (χ1) is 13.6. The molecule has 0 spiro atoms. The Labute approximate surface area is 165 Å². The smallest absolute Gasteiger partial charge is 0.326 e. The molecule has 29 heavy (non-hydrogen) atoms. The van der Waals surface area contributed by atoms with Crippen LogP contribution < -0.4 is 20.9 Å². The van der Waals surface area contributed by atoms with Crippen LogP contribution in [0.4, 0.5) is 24.5 Å². The summed E-state index contributed by atoms with van der Waals surface area (Å²) in [4.78, 5) is 12.5. The number of hydrogen-bond acceptors (Lipinski definition) is 5. The second-order valence-corrected chi connectivity index (χ2v) is 8.43. The fraction of sp³-hybridized carbons (Fsp3) is 0.278. The number of sulfonamides is 1. The maximum Gasteiger partial charge on any atom is 0.416 e. The summed E-state index contributed by atoms with van der Waals surface area (Å²) in [5.74, 6) is -1.64. The summed E-state index contributed by atoms with van der Waals surface area (Å²) >= 11 is 0. The van der Waals surface area contributed by atoms with Gasteiger partial charge in [0.25, 0.3) is 10.0 Å². The molecule has 1 aliphatic rings. The van der Waals surface area contributed by atoms with Crippen molar-refractivity contribution in [3.63, 3.8) is 0 Å². The molecule has 0 saturated carbocycles. The van der Waals surface area contributed by atoms with E-state index in [0.29, 0.717) is 5.69 Å². The Kier molecular flexibility index (Phi) is 5.82. The van der Waals surface area contributed by atoms with Gasteiger partial charge in [-0.3, -0.25) is 14.9 Å². The molecule has 0 bridgehead atoms. The molecule has 4 N–H and O–H groups in total. The number of hydrogen-bond donors (Lipinski definition) is 4. The largest absolute Gasteiger partial charge is 0.416 e. The van der Waals surface area contributed by atoms with Gasteiger partial charge in [-0.1, -0.05) is 17.7 Å². The average molecular weight is 428 g/mol. The van der Waals surface area contributed by atoms with Crippen LogP contribution in [0.15, 0.2) is 48.5 Å². The Balaban J connectivity index is 1.70. The summed E-state index contributed by atoms with van der Waals surface area (Å²) < 4.78 is 65.7. The predicted molar refractivity (Wildman–Crippen MR) is 102 cm³/mol. The first-order valence-electron chi connectivity index (χ1n) is 8.61. The fourth-order valence-electron chi connectivity index (χ4n) is 2.83. The number of benzene rings is 2. The summed E-state index contributed by atoms with van der Waals surface area (Å²) in [5, 5.41) is 1.19. The lowest BCUT2D eigenvalue weighted by atomic mass is 10.1. The molecule has 1 fully saturated rings. The molecule has 2 aromatic carbocycles. The molecule has 2 atom stereocenters. The molecule has 1 aliphatic heterocycles. The summed E-state index contributed by atoms with van der Waals surface area (Å²) in [6.07, 6.45) is -4.48. The molecule has 156 valence electrons. The van der Waals surface area contributed by atoms with Crippen molar-refractivity contribution >= 4 is 27.3 Å². The van der Waals surface area contributed by atoms with Crippen molar-refractivity contribution in [3.8, 4) is 0 Å². The first-order valence-corrected chi connectivity index (χ1v) is 10.2. The summed E-state index contributed by atoms with van der Waals surface area (Å²) in [5.41, 5.74) is 5.81. The number of nitrogens with one attached hydrogen (secondary N) is 4. The van der Waals surface area contributed by atoms with Gasteiger partial charge in [-0.05, 0) is 43.3 Å². The SMILES string of the molecule is Cc1ccc(NS(=O)(=O)C2NNCC2C(=O)Nc2ccc(C(F)(F)F)cc2)cc1.